The molecule has 1 aromatic rings. The fourth-order valence-electron chi connectivity index (χ4n) is 2.29. The molecule has 96 valence electrons. The quantitative estimate of drug-likeness (QED) is 0.842. The van der Waals surface area contributed by atoms with Gasteiger partial charge in [0.15, 0.2) is 0 Å². The summed E-state index contributed by atoms with van der Waals surface area (Å²) >= 11 is 0. The normalized spacial score (nSPS) is 16.9. The number of hydrogen-bond acceptors (Lipinski definition) is 3. The van der Waals surface area contributed by atoms with Gasteiger partial charge in [-0.1, -0.05) is 12.1 Å². The number of hydrogen-bond donors (Lipinski definition) is 2. The van der Waals surface area contributed by atoms with Gasteiger partial charge >= 0.3 is 11.9 Å². The van der Waals surface area contributed by atoms with Gasteiger partial charge in [0.2, 0.25) is 0 Å². The van der Waals surface area contributed by atoms with Crippen LogP contribution in [-0.4, -0.2) is 39.6 Å². The summed E-state index contributed by atoms with van der Waals surface area (Å²) in [7, 11) is 0. The highest BCUT2D eigenvalue weighted by molar-refractivity contribution is 5.90. The zero-order valence-electron chi connectivity index (χ0n) is 10.1. The minimum atomic E-state index is -0.961. The first-order valence-corrected chi connectivity index (χ1v) is 5.81. The van der Waals surface area contributed by atoms with E-state index >= 15 is 0 Å². The Morgan fingerprint density at radius 1 is 1.33 bits per heavy atom. The van der Waals surface area contributed by atoms with Crippen molar-refractivity contribution in [2.75, 3.05) is 6.54 Å². The molecule has 0 aromatic heterocycles. The molecular formula is C13H15NO4. The van der Waals surface area contributed by atoms with Crippen molar-refractivity contribution in [1.29, 1.82) is 0 Å². The third-order valence-electron chi connectivity index (χ3n) is 3.44. The molecule has 1 aromatic carbocycles. The Morgan fingerprint density at radius 3 is 2.67 bits per heavy atom. The molecule has 1 heterocycles. The number of aliphatic carboxylic acids is 1. The standard InChI is InChI=1S/C13H15NO4/c1-8(12(15)16)14-6-5-9-3-2-4-10(13(17)18)11(9)7-14/h2-4,8H,5-7H2,1H3,(H,15,16)(H,17,18). The maximum absolute atomic E-state index is 11.1. The molecule has 1 aliphatic rings. The van der Waals surface area contributed by atoms with E-state index in [0.29, 0.717) is 19.5 Å². The van der Waals surface area contributed by atoms with Gasteiger partial charge < -0.3 is 10.2 Å². The second kappa shape index (κ2) is 4.78. The first-order valence-electron chi connectivity index (χ1n) is 5.81. The monoisotopic (exact) mass is 249 g/mol. The molecule has 5 heteroatoms. The average Bonchev–Trinajstić information content (AvgIpc) is 2.36. The largest absolute Gasteiger partial charge is 0.480 e. The van der Waals surface area contributed by atoms with E-state index in [4.69, 9.17) is 10.2 Å². The second-order valence-corrected chi connectivity index (χ2v) is 4.48. The Morgan fingerprint density at radius 2 is 2.06 bits per heavy atom. The van der Waals surface area contributed by atoms with Crippen LogP contribution < -0.4 is 0 Å². The molecule has 2 rings (SSSR count). The third kappa shape index (κ3) is 2.22. The lowest BCUT2D eigenvalue weighted by Crippen LogP contribution is -2.42. The van der Waals surface area contributed by atoms with E-state index in [0.717, 1.165) is 11.1 Å². The van der Waals surface area contributed by atoms with Crippen LogP contribution >= 0.6 is 0 Å². The average molecular weight is 249 g/mol. The summed E-state index contributed by atoms with van der Waals surface area (Å²) in [5.74, 6) is -1.84. The minimum Gasteiger partial charge on any atom is -0.480 e. The number of carbonyl (C=O) groups is 2. The fourth-order valence-corrected chi connectivity index (χ4v) is 2.29. The maximum Gasteiger partial charge on any atom is 0.336 e. The highest BCUT2D eigenvalue weighted by Crippen LogP contribution is 2.24. The van der Waals surface area contributed by atoms with Crippen LogP contribution in [0.1, 0.15) is 28.4 Å². The smallest absolute Gasteiger partial charge is 0.336 e. The summed E-state index contributed by atoms with van der Waals surface area (Å²) in [6, 6.07) is 4.61. The summed E-state index contributed by atoms with van der Waals surface area (Å²) in [5.41, 5.74) is 2.02. The van der Waals surface area contributed by atoms with Crippen molar-refractivity contribution in [2.24, 2.45) is 0 Å². The number of aromatic carboxylic acids is 1. The van der Waals surface area contributed by atoms with Crippen LogP contribution in [0.2, 0.25) is 0 Å². The van der Waals surface area contributed by atoms with Gasteiger partial charge in [-0.25, -0.2) is 4.79 Å². The van der Waals surface area contributed by atoms with Crippen molar-refractivity contribution in [3.63, 3.8) is 0 Å². The number of benzene rings is 1. The van der Waals surface area contributed by atoms with Crippen molar-refractivity contribution in [3.05, 3.63) is 34.9 Å². The Kier molecular flexibility index (Phi) is 3.34. The number of nitrogens with zero attached hydrogens (tertiary/aromatic N) is 1. The fraction of sp³-hybridized carbons (Fsp3) is 0.385. The van der Waals surface area contributed by atoms with Gasteiger partial charge in [0.25, 0.3) is 0 Å². The van der Waals surface area contributed by atoms with Crippen LogP contribution in [0.15, 0.2) is 18.2 Å². The third-order valence-corrected chi connectivity index (χ3v) is 3.44. The van der Waals surface area contributed by atoms with Crippen molar-refractivity contribution in [3.8, 4) is 0 Å². The van der Waals surface area contributed by atoms with Crippen molar-refractivity contribution in [2.45, 2.75) is 25.9 Å². The van der Waals surface area contributed by atoms with Crippen molar-refractivity contribution >= 4 is 11.9 Å². The van der Waals surface area contributed by atoms with Crippen LogP contribution in [0.3, 0.4) is 0 Å². The molecule has 0 amide bonds. The van der Waals surface area contributed by atoms with Gasteiger partial charge in [0, 0.05) is 13.1 Å². The van der Waals surface area contributed by atoms with Crippen LogP contribution in [0, 0.1) is 0 Å². The van der Waals surface area contributed by atoms with Crippen molar-refractivity contribution in [1.82, 2.24) is 4.90 Å². The number of rotatable bonds is 3. The number of fused-ring (bicyclic) bond motifs is 1. The highest BCUT2D eigenvalue weighted by atomic mass is 16.4. The predicted molar refractivity (Wildman–Crippen MR) is 64.6 cm³/mol. The molecule has 0 radical (unpaired) electrons. The zero-order chi connectivity index (χ0) is 13.3. The van der Waals surface area contributed by atoms with Crippen LogP contribution in [-0.2, 0) is 17.8 Å². The molecular weight excluding hydrogens is 234 g/mol. The molecule has 1 unspecified atom stereocenters. The zero-order valence-corrected chi connectivity index (χ0v) is 10.1. The first kappa shape index (κ1) is 12.6. The van der Waals surface area contributed by atoms with E-state index in [1.54, 1.807) is 24.0 Å². The van der Waals surface area contributed by atoms with Gasteiger partial charge in [-0.15, -0.1) is 0 Å². The van der Waals surface area contributed by atoms with E-state index < -0.39 is 18.0 Å². The Balaban J connectivity index is 2.32. The summed E-state index contributed by atoms with van der Waals surface area (Å²) in [4.78, 5) is 23.9. The molecule has 1 atom stereocenters. The molecule has 0 saturated carbocycles. The molecule has 0 fully saturated rings. The van der Waals surface area contributed by atoms with Gasteiger partial charge in [0.05, 0.1) is 5.56 Å². The molecule has 2 N–H and O–H groups in total. The van der Waals surface area contributed by atoms with Gasteiger partial charge in [0.1, 0.15) is 6.04 Å². The van der Waals surface area contributed by atoms with E-state index in [1.165, 1.54) is 0 Å². The van der Waals surface area contributed by atoms with E-state index in [2.05, 4.69) is 0 Å². The molecule has 0 saturated heterocycles. The predicted octanol–water partition coefficient (Wildman–Crippen LogP) is 1.22. The van der Waals surface area contributed by atoms with Gasteiger partial charge in [-0.3, -0.25) is 9.69 Å². The second-order valence-electron chi connectivity index (χ2n) is 4.48. The maximum atomic E-state index is 11.1. The summed E-state index contributed by atoms with van der Waals surface area (Å²) < 4.78 is 0. The van der Waals surface area contributed by atoms with Crippen LogP contribution in [0.25, 0.3) is 0 Å². The number of carboxylic acids is 2. The lowest BCUT2D eigenvalue weighted by atomic mass is 9.94. The molecule has 0 spiro atoms. The minimum absolute atomic E-state index is 0.273. The molecule has 1 aliphatic heterocycles. The molecule has 18 heavy (non-hydrogen) atoms. The lowest BCUT2D eigenvalue weighted by Gasteiger charge is -2.32. The Labute approximate surface area is 105 Å². The van der Waals surface area contributed by atoms with E-state index in [1.807, 2.05) is 6.07 Å². The lowest BCUT2D eigenvalue weighted by molar-refractivity contribution is -0.143. The highest BCUT2D eigenvalue weighted by Gasteiger charge is 2.27. The van der Waals surface area contributed by atoms with E-state index in [-0.39, 0.29) is 5.56 Å². The Hall–Kier alpha value is -1.88. The number of carboxylic acid groups (broad SMARTS) is 2. The van der Waals surface area contributed by atoms with E-state index in [9.17, 15) is 9.59 Å². The topological polar surface area (TPSA) is 77.8 Å². The summed E-state index contributed by atoms with van der Waals surface area (Å²) in [6.45, 7) is 2.64. The summed E-state index contributed by atoms with van der Waals surface area (Å²) in [6.07, 6.45) is 0.689. The van der Waals surface area contributed by atoms with Gasteiger partial charge in [-0.05, 0) is 30.5 Å². The molecule has 0 bridgehead atoms. The molecule has 5 nitrogen and oxygen atoms in total. The molecule has 0 aliphatic carbocycles. The van der Waals surface area contributed by atoms with Crippen LogP contribution in [0.5, 0.6) is 0 Å². The SMILES string of the molecule is CC(C(=O)O)N1CCc2cccc(C(=O)O)c2C1. The van der Waals surface area contributed by atoms with Crippen LogP contribution in [0.4, 0.5) is 0 Å². The summed E-state index contributed by atoms with van der Waals surface area (Å²) in [5, 5.41) is 18.1. The first-order chi connectivity index (χ1) is 8.50. The van der Waals surface area contributed by atoms with Gasteiger partial charge in [-0.2, -0.15) is 0 Å². The van der Waals surface area contributed by atoms with Crippen molar-refractivity contribution < 1.29 is 19.8 Å². The Bertz CT molecular complexity index is 498.